The zero-order valence-corrected chi connectivity index (χ0v) is 14.6. The molecule has 1 unspecified atom stereocenters. The number of nitrogens with one attached hydrogen (secondary N) is 1. The van der Waals surface area contributed by atoms with Crippen LogP contribution >= 0.6 is 0 Å². The molecular weight excluding hydrogens is 312 g/mol. The molecule has 24 heavy (non-hydrogen) atoms. The predicted molar refractivity (Wildman–Crippen MR) is 89.7 cm³/mol. The highest BCUT2D eigenvalue weighted by Gasteiger charge is 2.27. The average molecular weight is 336 g/mol. The Morgan fingerprint density at radius 1 is 1.33 bits per heavy atom. The summed E-state index contributed by atoms with van der Waals surface area (Å²) >= 11 is 0. The standard InChI is InChI=1S/C17H24N2O5/c1-10(2)14(19(22)23)9-13(17(21)11(3)4)16(18-12(5)20)15-7-6-8-24-15/h6-11,16,21H,1-5H3,(H,18,20)/b14-9+,17-13-. The van der Waals surface area contributed by atoms with Crippen molar-refractivity contribution in [1.82, 2.24) is 5.32 Å². The van der Waals surface area contributed by atoms with E-state index >= 15 is 0 Å². The average Bonchev–Trinajstić information content (AvgIpc) is 2.98. The van der Waals surface area contributed by atoms with Crippen LogP contribution in [0.2, 0.25) is 0 Å². The van der Waals surface area contributed by atoms with Gasteiger partial charge in [-0.1, -0.05) is 27.7 Å². The van der Waals surface area contributed by atoms with Gasteiger partial charge in [0.05, 0.1) is 11.2 Å². The van der Waals surface area contributed by atoms with E-state index in [1.54, 1.807) is 39.8 Å². The van der Waals surface area contributed by atoms with E-state index in [4.69, 9.17) is 4.42 Å². The van der Waals surface area contributed by atoms with Crippen LogP contribution in [0.4, 0.5) is 0 Å². The van der Waals surface area contributed by atoms with Gasteiger partial charge in [-0.05, 0) is 12.1 Å². The third-order valence-corrected chi connectivity index (χ3v) is 3.43. The Labute approximate surface area is 141 Å². The van der Waals surface area contributed by atoms with E-state index in [2.05, 4.69) is 5.32 Å². The number of nitro groups is 1. The first kappa shape index (κ1) is 19.5. The van der Waals surface area contributed by atoms with Crippen LogP contribution in [0.15, 0.2) is 45.9 Å². The number of aliphatic hydroxyl groups excluding tert-OH is 1. The molecule has 0 aliphatic rings. The number of carbonyl (C=O) groups is 1. The molecule has 1 aromatic heterocycles. The fourth-order valence-electron chi connectivity index (χ4n) is 2.19. The van der Waals surface area contributed by atoms with E-state index in [0.29, 0.717) is 5.76 Å². The minimum absolute atomic E-state index is 0.0369. The predicted octanol–water partition coefficient (Wildman–Crippen LogP) is 3.74. The van der Waals surface area contributed by atoms with Crippen LogP contribution in [0.5, 0.6) is 0 Å². The molecule has 0 fully saturated rings. The number of furan rings is 1. The van der Waals surface area contributed by atoms with Gasteiger partial charge >= 0.3 is 0 Å². The molecule has 7 nitrogen and oxygen atoms in total. The maximum atomic E-state index is 11.6. The highest BCUT2D eigenvalue weighted by atomic mass is 16.6. The fourth-order valence-corrected chi connectivity index (χ4v) is 2.19. The lowest BCUT2D eigenvalue weighted by atomic mass is 9.95. The van der Waals surface area contributed by atoms with Crippen molar-refractivity contribution >= 4 is 5.91 Å². The lowest BCUT2D eigenvalue weighted by molar-refractivity contribution is -0.432. The van der Waals surface area contributed by atoms with Crippen LogP contribution in [-0.2, 0) is 4.79 Å². The Morgan fingerprint density at radius 2 is 1.96 bits per heavy atom. The highest BCUT2D eigenvalue weighted by molar-refractivity contribution is 5.74. The summed E-state index contributed by atoms with van der Waals surface area (Å²) in [6, 6.07) is 2.48. The van der Waals surface area contributed by atoms with Crippen molar-refractivity contribution in [3.05, 3.63) is 57.4 Å². The van der Waals surface area contributed by atoms with Crippen molar-refractivity contribution in [2.24, 2.45) is 11.8 Å². The molecular formula is C17H24N2O5. The first-order valence-electron chi connectivity index (χ1n) is 7.74. The number of rotatable bonds is 7. The van der Waals surface area contributed by atoms with Crippen LogP contribution in [0, 0.1) is 22.0 Å². The summed E-state index contributed by atoms with van der Waals surface area (Å²) in [6.07, 6.45) is 2.76. The maximum absolute atomic E-state index is 11.6. The molecule has 0 aliphatic carbocycles. The Balaban J connectivity index is 3.56. The second-order valence-corrected chi connectivity index (χ2v) is 6.13. The molecule has 0 saturated carbocycles. The quantitative estimate of drug-likeness (QED) is 0.341. The van der Waals surface area contributed by atoms with Gasteiger partial charge in [-0.2, -0.15) is 0 Å². The molecule has 1 heterocycles. The summed E-state index contributed by atoms with van der Waals surface area (Å²) in [7, 11) is 0. The molecule has 7 heteroatoms. The zero-order chi connectivity index (χ0) is 18.4. The molecule has 132 valence electrons. The SMILES string of the molecule is CC(=O)NC(C(/C=C(\C(C)C)[N+](=O)[O-])=C(\O)C(C)C)c1ccco1. The molecule has 1 atom stereocenters. The van der Waals surface area contributed by atoms with Gasteiger partial charge in [0.15, 0.2) is 0 Å². The summed E-state index contributed by atoms with van der Waals surface area (Å²) in [6.45, 7) is 8.24. The number of nitrogens with zero attached hydrogens (tertiary/aromatic N) is 1. The molecule has 0 saturated heterocycles. The van der Waals surface area contributed by atoms with Crippen molar-refractivity contribution < 1.29 is 19.2 Å². The normalized spacial score (nSPS) is 14.5. The monoisotopic (exact) mass is 336 g/mol. The Morgan fingerprint density at radius 3 is 2.33 bits per heavy atom. The van der Waals surface area contributed by atoms with E-state index in [0.717, 1.165) is 0 Å². The summed E-state index contributed by atoms with van der Waals surface area (Å²) in [5, 5.41) is 24.5. The van der Waals surface area contributed by atoms with Crippen molar-refractivity contribution in [3.8, 4) is 0 Å². The van der Waals surface area contributed by atoms with Crippen molar-refractivity contribution in [2.75, 3.05) is 0 Å². The molecule has 1 amide bonds. The number of amides is 1. The number of aliphatic hydroxyl groups is 1. The van der Waals surface area contributed by atoms with E-state index < -0.39 is 11.0 Å². The third-order valence-electron chi connectivity index (χ3n) is 3.43. The van der Waals surface area contributed by atoms with E-state index in [9.17, 15) is 20.0 Å². The van der Waals surface area contributed by atoms with Crippen molar-refractivity contribution in [2.45, 2.75) is 40.7 Å². The lowest BCUT2D eigenvalue weighted by Gasteiger charge is -2.20. The highest BCUT2D eigenvalue weighted by Crippen LogP contribution is 2.30. The summed E-state index contributed by atoms with van der Waals surface area (Å²) < 4.78 is 5.35. The second-order valence-electron chi connectivity index (χ2n) is 6.13. The van der Waals surface area contributed by atoms with Crippen LogP contribution in [0.3, 0.4) is 0 Å². The number of carbonyl (C=O) groups excluding carboxylic acids is 1. The van der Waals surface area contributed by atoms with Crippen LogP contribution in [0.1, 0.15) is 46.4 Å². The molecule has 2 N–H and O–H groups in total. The topological polar surface area (TPSA) is 106 Å². The van der Waals surface area contributed by atoms with Crippen LogP contribution in [0.25, 0.3) is 0 Å². The molecule has 1 aromatic rings. The van der Waals surface area contributed by atoms with Gasteiger partial charge in [-0.25, -0.2) is 0 Å². The fraction of sp³-hybridized carbons (Fsp3) is 0.471. The number of hydrogen-bond donors (Lipinski definition) is 2. The van der Waals surface area contributed by atoms with Gasteiger partial charge in [0.1, 0.15) is 17.6 Å². The third kappa shape index (κ3) is 4.97. The lowest BCUT2D eigenvalue weighted by Crippen LogP contribution is -2.28. The Hall–Kier alpha value is -2.57. The molecule has 0 bridgehead atoms. The minimum Gasteiger partial charge on any atom is -0.512 e. The largest absolute Gasteiger partial charge is 0.512 e. The van der Waals surface area contributed by atoms with Gasteiger partial charge in [-0.15, -0.1) is 0 Å². The van der Waals surface area contributed by atoms with Gasteiger partial charge in [0, 0.05) is 30.4 Å². The Bertz CT molecular complexity index is 642. The smallest absolute Gasteiger partial charge is 0.249 e. The van der Waals surface area contributed by atoms with Gasteiger partial charge in [0.2, 0.25) is 11.6 Å². The number of hydrogen-bond acceptors (Lipinski definition) is 5. The van der Waals surface area contributed by atoms with Gasteiger partial charge < -0.3 is 14.8 Å². The maximum Gasteiger partial charge on any atom is 0.249 e. The molecule has 0 radical (unpaired) electrons. The van der Waals surface area contributed by atoms with Crippen LogP contribution in [-0.4, -0.2) is 15.9 Å². The molecule has 0 aliphatic heterocycles. The molecule has 0 aromatic carbocycles. The van der Waals surface area contributed by atoms with Gasteiger partial charge in [-0.3, -0.25) is 14.9 Å². The first-order valence-corrected chi connectivity index (χ1v) is 7.74. The van der Waals surface area contributed by atoms with Gasteiger partial charge in [0.25, 0.3) is 0 Å². The summed E-state index contributed by atoms with van der Waals surface area (Å²) in [5.74, 6) is -0.626. The van der Waals surface area contributed by atoms with E-state index in [1.165, 1.54) is 19.3 Å². The molecule has 1 rings (SSSR count). The van der Waals surface area contributed by atoms with Crippen molar-refractivity contribution in [1.29, 1.82) is 0 Å². The summed E-state index contributed by atoms with van der Waals surface area (Å²) in [4.78, 5) is 22.4. The Kier molecular flexibility index (Phi) is 6.76. The number of allylic oxidation sites excluding steroid dienone is 2. The van der Waals surface area contributed by atoms with Crippen molar-refractivity contribution in [3.63, 3.8) is 0 Å². The zero-order valence-electron chi connectivity index (χ0n) is 14.6. The van der Waals surface area contributed by atoms with E-state index in [1.807, 2.05) is 0 Å². The molecule has 0 spiro atoms. The minimum atomic E-state index is -0.811. The second kappa shape index (κ2) is 8.33. The summed E-state index contributed by atoms with van der Waals surface area (Å²) in [5.41, 5.74) is 0.189. The first-order chi connectivity index (χ1) is 11.1. The van der Waals surface area contributed by atoms with E-state index in [-0.39, 0.29) is 34.8 Å². The van der Waals surface area contributed by atoms with Crippen LogP contribution < -0.4 is 5.32 Å².